The molecule has 98 heavy (non-hydrogen) atoms. The highest BCUT2D eigenvalue weighted by atomic mass is 16.7. The van der Waals surface area contributed by atoms with Crippen LogP contribution in [0.2, 0.25) is 0 Å². The standard InChI is InChI=1S/C84H153NO13/c1-3-5-7-9-11-13-15-17-19-21-23-25-27-28-29-30-31-32-33-34-35-36-37-38-39-40-41-42-43-44-46-48-50-52-54-56-58-60-62-64-66-68-76(89)85-72(71-95-83-81(94)79(92)82(75(70-87)97-83)98-84-80(93)78(91)77(90)74(69-86)96-84)73(88)67-65-63-61-59-57-55-53-51-49-47-45-26-24-22-20-18-16-14-12-10-8-6-4-2/h5,7,11,13,17,19,23,25,57,59,65,67,72-75,77-84,86-88,90-94H,3-4,6,8-10,12,14-16,18,20-22,24,26-56,58,60-64,66,68-71H2,1-2H3,(H,85,89)/b7-5-,13-11-,19-17-,25-23-,59-57+,67-65+. The molecule has 0 aromatic rings. The third-order valence-electron chi connectivity index (χ3n) is 19.9. The number of rotatable bonds is 69. The second-order valence-electron chi connectivity index (χ2n) is 28.9. The molecule has 14 heteroatoms. The van der Waals surface area contributed by atoms with E-state index in [0.717, 1.165) is 57.8 Å². The molecule has 572 valence electrons. The van der Waals surface area contributed by atoms with Crippen molar-refractivity contribution < 1.29 is 64.6 Å². The van der Waals surface area contributed by atoms with Crippen molar-refractivity contribution in [3.05, 3.63) is 72.9 Å². The molecule has 0 bridgehead atoms. The van der Waals surface area contributed by atoms with Crippen LogP contribution in [0.1, 0.15) is 361 Å². The van der Waals surface area contributed by atoms with E-state index < -0.39 is 86.8 Å². The van der Waals surface area contributed by atoms with Gasteiger partial charge in [-0.3, -0.25) is 4.79 Å². The topological polar surface area (TPSA) is 228 Å². The number of nitrogens with one attached hydrogen (secondary N) is 1. The third kappa shape index (κ3) is 49.9. The van der Waals surface area contributed by atoms with E-state index in [1.807, 2.05) is 6.08 Å². The summed E-state index contributed by atoms with van der Waals surface area (Å²) in [5.41, 5.74) is 0. The van der Waals surface area contributed by atoms with Gasteiger partial charge in [0.1, 0.15) is 48.8 Å². The van der Waals surface area contributed by atoms with E-state index in [9.17, 15) is 45.6 Å². The van der Waals surface area contributed by atoms with Crippen molar-refractivity contribution in [2.75, 3.05) is 19.8 Å². The molecule has 0 aromatic heterocycles. The van der Waals surface area contributed by atoms with Gasteiger partial charge in [0.05, 0.1) is 32.0 Å². The molecule has 2 rings (SSSR count). The van der Waals surface area contributed by atoms with E-state index in [1.54, 1.807) is 6.08 Å². The lowest BCUT2D eigenvalue weighted by Crippen LogP contribution is -2.65. The van der Waals surface area contributed by atoms with Crippen LogP contribution in [0, 0.1) is 0 Å². The first-order valence-corrected chi connectivity index (χ1v) is 41.2. The highest BCUT2D eigenvalue weighted by Crippen LogP contribution is 2.30. The van der Waals surface area contributed by atoms with E-state index in [2.05, 4.69) is 79.9 Å². The minimum Gasteiger partial charge on any atom is -0.394 e. The van der Waals surface area contributed by atoms with Crippen molar-refractivity contribution in [1.82, 2.24) is 5.32 Å². The first-order valence-electron chi connectivity index (χ1n) is 41.2. The summed E-state index contributed by atoms with van der Waals surface area (Å²) < 4.78 is 22.9. The molecule has 2 saturated heterocycles. The van der Waals surface area contributed by atoms with Crippen molar-refractivity contribution in [3.8, 4) is 0 Å². The molecule has 2 fully saturated rings. The zero-order valence-corrected chi connectivity index (χ0v) is 62.8. The fourth-order valence-corrected chi connectivity index (χ4v) is 13.4. The third-order valence-corrected chi connectivity index (χ3v) is 19.9. The van der Waals surface area contributed by atoms with Crippen molar-refractivity contribution in [1.29, 1.82) is 0 Å². The first kappa shape index (κ1) is 91.5. The molecule has 2 aliphatic heterocycles. The lowest BCUT2D eigenvalue weighted by Gasteiger charge is -2.46. The molecule has 9 N–H and O–H groups in total. The number of hydrogen-bond donors (Lipinski definition) is 9. The molecule has 1 amide bonds. The van der Waals surface area contributed by atoms with Gasteiger partial charge in [-0.25, -0.2) is 0 Å². The zero-order valence-electron chi connectivity index (χ0n) is 62.8. The Hall–Kier alpha value is -2.57. The molecule has 0 aromatic carbocycles. The van der Waals surface area contributed by atoms with E-state index in [4.69, 9.17) is 18.9 Å². The van der Waals surface area contributed by atoms with Gasteiger partial charge in [-0.15, -0.1) is 0 Å². The van der Waals surface area contributed by atoms with E-state index in [0.29, 0.717) is 12.8 Å². The number of aliphatic hydroxyl groups is 8. The van der Waals surface area contributed by atoms with Gasteiger partial charge in [0, 0.05) is 6.42 Å². The molecule has 14 nitrogen and oxygen atoms in total. The van der Waals surface area contributed by atoms with E-state index >= 15 is 0 Å². The van der Waals surface area contributed by atoms with Crippen LogP contribution in [0.4, 0.5) is 0 Å². The quantitative estimate of drug-likeness (QED) is 0.0204. The van der Waals surface area contributed by atoms with Crippen LogP contribution < -0.4 is 5.32 Å². The predicted molar refractivity (Wildman–Crippen MR) is 406 cm³/mol. The average molecular weight is 1390 g/mol. The van der Waals surface area contributed by atoms with Gasteiger partial charge in [0.2, 0.25) is 5.91 Å². The van der Waals surface area contributed by atoms with Gasteiger partial charge in [0.25, 0.3) is 0 Å². The molecule has 2 aliphatic rings. The number of carbonyl (C=O) groups is 1. The van der Waals surface area contributed by atoms with Crippen molar-refractivity contribution >= 4 is 5.91 Å². The van der Waals surface area contributed by atoms with E-state index in [1.165, 1.54) is 270 Å². The Kier molecular flexibility index (Phi) is 63.1. The number of hydrogen-bond acceptors (Lipinski definition) is 13. The maximum atomic E-state index is 13.4. The smallest absolute Gasteiger partial charge is 0.220 e. The molecular formula is C84H153NO13. The molecular weight excluding hydrogens is 1230 g/mol. The van der Waals surface area contributed by atoms with Crippen LogP contribution in [0.25, 0.3) is 0 Å². The summed E-state index contributed by atoms with van der Waals surface area (Å²) >= 11 is 0. The predicted octanol–water partition coefficient (Wildman–Crippen LogP) is 18.9. The van der Waals surface area contributed by atoms with Crippen LogP contribution in [0.3, 0.4) is 0 Å². The lowest BCUT2D eigenvalue weighted by molar-refractivity contribution is -0.359. The van der Waals surface area contributed by atoms with Gasteiger partial charge in [-0.1, -0.05) is 356 Å². The summed E-state index contributed by atoms with van der Waals surface area (Å²) in [4.78, 5) is 13.4. The monoisotopic (exact) mass is 1380 g/mol. The molecule has 2 heterocycles. The number of allylic oxidation sites excluding steroid dienone is 11. The van der Waals surface area contributed by atoms with Gasteiger partial charge in [-0.05, 0) is 70.6 Å². The second kappa shape index (κ2) is 67.6. The summed E-state index contributed by atoms with van der Waals surface area (Å²) in [6.45, 7) is 2.72. The zero-order chi connectivity index (χ0) is 70.8. The lowest BCUT2D eigenvalue weighted by atomic mass is 9.97. The van der Waals surface area contributed by atoms with Crippen molar-refractivity contribution in [2.45, 2.75) is 434 Å². The van der Waals surface area contributed by atoms with Crippen LogP contribution in [-0.4, -0.2) is 140 Å². The highest BCUT2D eigenvalue weighted by molar-refractivity contribution is 5.76. The largest absolute Gasteiger partial charge is 0.394 e. The Labute approximate surface area is 599 Å². The fraction of sp³-hybridized carbons (Fsp3) is 0.845. The van der Waals surface area contributed by atoms with E-state index in [-0.39, 0.29) is 18.9 Å². The average Bonchev–Trinajstić information content (AvgIpc) is 0.793. The Bertz CT molecular complexity index is 1920. The Morgan fingerprint density at radius 3 is 1.12 bits per heavy atom. The maximum absolute atomic E-state index is 13.4. The van der Waals surface area contributed by atoms with Crippen molar-refractivity contribution in [2.24, 2.45) is 0 Å². The number of unbranched alkanes of at least 4 members (excludes halogenated alkanes) is 46. The van der Waals surface area contributed by atoms with Crippen molar-refractivity contribution in [3.63, 3.8) is 0 Å². The van der Waals surface area contributed by atoms with Crippen LogP contribution in [0.15, 0.2) is 72.9 Å². The molecule has 0 radical (unpaired) electrons. The molecule has 0 aliphatic carbocycles. The number of carbonyl (C=O) groups excluding carboxylic acids is 1. The van der Waals surface area contributed by atoms with Crippen LogP contribution in [-0.2, 0) is 23.7 Å². The number of aliphatic hydroxyl groups excluding tert-OH is 8. The van der Waals surface area contributed by atoms with Crippen LogP contribution in [0.5, 0.6) is 0 Å². The summed E-state index contributed by atoms with van der Waals surface area (Å²) in [5.74, 6) is -0.242. The molecule has 12 atom stereocenters. The number of ether oxygens (including phenoxy) is 4. The summed E-state index contributed by atoms with van der Waals surface area (Å²) in [6, 6.07) is -0.933. The normalized spacial score (nSPS) is 22.4. The number of amides is 1. The SMILES string of the molecule is CC/C=C\C/C=C\C/C=C\C/C=C\CCCCCCCCCCCCCCCCCCCCCCCCCCCCCCC(=O)NC(COC1OC(CO)C(OC2OC(CO)C(O)C(O)C2O)C(O)C1O)C(O)/C=C/CC/C=C/CCCCCCCCCCCCCCCCCCC. The van der Waals surface area contributed by atoms with Gasteiger partial charge in [0.15, 0.2) is 12.6 Å². The minimum atomic E-state index is -1.79. The molecule has 0 saturated carbocycles. The molecule has 0 spiro atoms. The Morgan fingerprint density at radius 1 is 0.378 bits per heavy atom. The summed E-state index contributed by atoms with van der Waals surface area (Å²) in [6.07, 6.45) is 77.2. The van der Waals surface area contributed by atoms with Gasteiger partial charge in [-0.2, -0.15) is 0 Å². The second-order valence-corrected chi connectivity index (χ2v) is 28.9. The Balaban J connectivity index is 1.57. The fourth-order valence-electron chi connectivity index (χ4n) is 13.4. The summed E-state index contributed by atoms with van der Waals surface area (Å²) in [5, 5.41) is 87.6. The molecule has 12 unspecified atom stereocenters. The first-order chi connectivity index (χ1) is 48.1. The maximum Gasteiger partial charge on any atom is 0.220 e. The van der Waals surface area contributed by atoms with Gasteiger partial charge < -0.3 is 65.1 Å². The summed E-state index contributed by atoms with van der Waals surface area (Å²) in [7, 11) is 0. The highest BCUT2D eigenvalue weighted by Gasteiger charge is 2.51. The van der Waals surface area contributed by atoms with Gasteiger partial charge >= 0.3 is 0 Å². The van der Waals surface area contributed by atoms with Crippen LogP contribution >= 0.6 is 0 Å². The Morgan fingerprint density at radius 2 is 0.714 bits per heavy atom. The minimum absolute atomic E-state index is 0.242.